The van der Waals surface area contributed by atoms with E-state index in [-0.39, 0.29) is 16.6 Å². The average Bonchev–Trinajstić information content (AvgIpc) is 2.26. The molecule has 1 unspecified atom stereocenters. The van der Waals surface area contributed by atoms with Crippen molar-refractivity contribution < 1.29 is 4.79 Å². The second kappa shape index (κ2) is 5.48. The van der Waals surface area contributed by atoms with Crippen LogP contribution in [-0.4, -0.2) is 5.78 Å². The van der Waals surface area contributed by atoms with Crippen molar-refractivity contribution in [3.8, 4) is 0 Å². The van der Waals surface area contributed by atoms with Crippen molar-refractivity contribution in [2.45, 2.75) is 60.3 Å². The maximum Gasteiger partial charge on any atom is 0.163 e. The van der Waals surface area contributed by atoms with E-state index in [4.69, 9.17) is 0 Å². The number of benzene rings is 1. The van der Waals surface area contributed by atoms with Gasteiger partial charge < -0.3 is 0 Å². The Hall–Kier alpha value is -1.11. The number of Topliss-reactive ketones (excluding diaryl/α,β-unsaturated/α-hetero) is 1. The third-order valence-electron chi connectivity index (χ3n) is 4.04. The Kier molecular flexibility index (Phi) is 4.60. The lowest BCUT2D eigenvalue weighted by atomic mass is 9.78. The predicted molar refractivity (Wildman–Crippen MR) is 82.7 cm³/mol. The fourth-order valence-corrected chi connectivity index (χ4v) is 1.86. The summed E-state index contributed by atoms with van der Waals surface area (Å²) in [6.45, 7) is 15.3. The van der Waals surface area contributed by atoms with Crippen molar-refractivity contribution in [1.82, 2.24) is 0 Å². The molecule has 1 rings (SSSR count). The molecular weight excluding hydrogens is 232 g/mol. The zero-order valence-corrected chi connectivity index (χ0v) is 13.5. The van der Waals surface area contributed by atoms with Gasteiger partial charge >= 0.3 is 0 Å². The lowest BCUT2D eigenvalue weighted by Crippen LogP contribution is -2.20. The average molecular weight is 260 g/mol. The summed E-state index contributed by atoms with van der Waals surface area (Å²) in [5.41, 5.74) is 2.43. The molecule has 1 atom stereocenters. The van der Waals surface area contributed by atoms with Crippen LogP contribution in [0.3, 0.4) is 0 Å². The van der Waals surface area contributed by atoms with Crippen molar-refractivity contribution in [1.29, 1.82) is 0 Å². The number of ketones is 1. The van der Waals surface area contributed by atoms with E-state index in [0.29, 0.717) is 12.3 Å². The van der Waals surface area contributed by atoms with Gasteiger partial charge in [-0.2, -0.15) is 0 Å². The van der Waals surface area contributed by atoms with E-state index >= 15 is 0 Å². The van der Waals surface area contributed by atoms with Gasteiger partial charge in [-0.05, 0) is 22.3 Å². The smallest absolute Gasteiger partial charge is 0.163 e. The van der Waals surface area contributed by atoms with Gasteiger partial charge in [0, 0.05) is 12.0 Å². The molecule has 0 amide bonds. The summed E-state index contributed by atoms with van der Waals surface area (Å²) in [6.07, 6.45) is 0.623. The second-order valence-electron chi connectivity index (χ2n) is 7.72. The summed E-state index contributed by atoms with van der Waals surface area (Å²) in [5.74, 6) is 0.644. The third-order valence-corrected chi connectivity index (χ3v) is 4.04. The van der Waals surface area contributed by atoms with Crippen molar-refractivity contribution in [2.24, 2.45) is 11.3 Å². The summed E-state index contributed by atoms with van der Waals surface area (Å²) in [5, 5.41) is 0. The molecule has 0 N–H and O–H groups in total. The molecule has 0 saturated heterocycles. The van der Waals surface area contributed by atoms with Crippen LogP contribution in [0.2, 0.25) is 0 Å². The summed E-state index contributed by atoms with van der Waals surface area (Å²) in [7, 11) is 0. The fourth-order valence-electron chi connectivity index (χ4n) is 1.86. The van der Waals surface area contributed by atoms with Gasteiger partial charge in [-0.15, -0.1) is 0 Å². The van der Waals surface area contributed by atoms with E-state index in [1.165, 1.54) is 5.56 Å². The van der Waals surface area contributed by atoms with Crippen molar-refractivity contribution in [3.63, 3.8) is 0 Å². The maximum atomic E-state index is 12.3. The van der Waals surface area contributed by atoms with E-state index in [0.717, 1.165) is 5.56 Å². The van der Waals surface area contributed by atoms with Crippen LogP contribution in [0.15, 0.2) is 24.3 Å². The van der Waals surface area contributed by atoms with Crippen molar-refractivity contribution in [2.75, 3.05) is 0 Å². The molecule has 0 radical (unpaired) electrons. The van der Waals surface area contributed by atoms with Gasteiger partial charge in [0.15, 0.2) is 5.78 Å². The molecule has 1 nitrogen and oxygen atoms in total. The predicted octanol–water partition coefficient (Wildman–Crippen LogP) is 5.24. The number of rotatable bonds is 3. The highest BCUT2D eigenvalue weighted by atomic mass is 16.1. The number of hydrogen-bond donors (Lipinski definition) is 0. The van der Waals surface area contributed by atoms with Crippen LogP contribution in [0.1, 0.15) is 70.8 Å². The molecule has 0 heterocycles. The molecule has 1 aromatic carbocycles. The first kappa shape index (κ1) is 15.9. The SMILES string of the molecule is CC(CC(=O)c1ccc(C(C)(C)C)cc1)C(C)(C)C. The number of carbonyl (C=O) groups is 1. The Morgan fingerprint density at radius 2 is 1.47 bits per heavy atom. The molecule has 0 aromatic heterocycles. The highest BCUT2D eigenvalue weighted by Crippen LogP contribution is 2.29. The number of carbonyl (C=O) groups excluding carboxylic acids is 1. The van der Waals surface area contributed by atoms with E-state index in [1.807, 2.05) is 12.1 Å². The minimum atomic E-state index is 0.139. The highest BCUT2D eigenvalue weighted by Gasteiger charge is 2.23. The lowest BCUT2D eigenvalue weighted by molar-refractivity contribution is 0.0927. The van der Waals surface area contributed by atoms with E-state index in [9.17, 15) is 4.79 Å². The molecule has 0 bridgehead atoms. The molecule has 0 aliphatic heterocycles. The van der Waals surface area contributed by atoms with Gasteiger partial charge in [0.1, 0.15) is 0 Å². The van der Waals surface area contributed by atoms with Crippen LogP contribution < -0.4 is 0 Å². The molecule has 106 valence electrons. The van der Waals surface area contributed by atoms with Crippen LogP contribution in [0, 0.1) is 11.3 Å². The molecule has 19 heavy (non-hydrogen) atoms. The van der Waals surface area contributed by atoms with Gasteiger partial charge in [0.25, 0.3) is 0 Å². The molecule has 0 fully saturated rings. The monoisotopic (exact) mass is 260 g/mol. The maximum absolute atomic E-state index is 12.3. The largest absolute Gasteiger partial charge is 0.294 e. The van der Waals surface area contributed by atoms with Gasteiger partial charge in [0.05, 0.1) is 0 Å². The normalized spacial score (nSPS) is 14.3. The summed E-state index contributed by atoms with van der Waals surface area (Å²) in [4.78, 5) is 12.3. The molecule has 0 saturated carbocycles. The Bertz CT molecular complexity index is 426. The number of hydrogen-bond acceptors (Lipinski definition) is 1. The summed E-state index contributed by atoms with van der Waals surface area (Å²) < 4.78 is 0. The van der Waals surface area contributed by atoms with Gasteiger partial charge in [-0.3, -0.25) is 4.79 Å². The van der Waals surface area contributed by atoms with Crippen LogP contribution in [0.5, 0.6) is 0 Å². The zero-order valence-electron chi connectivity index (χ0n) is 13.5. The first-order chi connectivity index (χ1) is 8.51. The zero-order chi connectivity index (χ0) is 14.8. The van der Waals surface area contributed by atoms with Gasteiger partial charge in [0.2, 0.25) is 0 Å². The van der Waals surface area contributed by atoms with Crippen LogP contribution in [0.4, 0.5) is 0 Å². The molecule has 1 aromatic rings. The van der Waals surface area contributed by atoms with E-state index in [2.05, 4.69) is 60.6 Å². The summed E-state index contributed by atoms with van der Waals surface area (Å²) >= 11 is 0. The van der Waals surface area contributed by atoms with Crippen LogP contribution in [-0.2, 0) is 5.41 Å². The standard InChI is InChI=1S/C18H28O/c1-13(17(2,3)4)12-16(19)14-8-10-15(11-9-14)18(5,6)7/h8-11,13H,12H2,1-7H3. The van der Waals surface area contributed by atoms with Gasteiger partial charge in [-0.25, -0.2) is 0 Å². The third kappa shape index (κ3) is 4.49. The van der Waals surface area contributed by atoms with Crippen molar-refractivity contribution >= 4 is 5.78 Å². The van der Waals surface area contributed by atoms with E-state index in [1.54, 1.807) is 0 Å². The minimum Gasteiger partial charge on any atom is -0.294 e. The Labute approximate surface area is 118 Å². The topological polar surface area (TPSA) is 17.1 Å². The molecule has 0 spiro atoms. The molecule has 1 heteroatoms. The highest BCUT2D eigenvalue weighted by molar-refractivity contribution is 5.96. The molecule has 0 aliphatic carbocycles. The van der Waals surface area contributed by atoms with E-state index < -0.39 is 0 Å². The second-order valence-corrected chi connectivity index (χ2v) is 7.72. The Morgan fingerprint density at radius 3 is 1.84 bits per heavy atom. The molecular formula is C18H28O. The van der Waals surface area contributed by atoms with Crippen molar-refractivity contribution in [3.05, 3.63) is 35.4 Å². The Balaban J connectivity index is 2.80. The van der Waals surface area contributed by atoms with Crippen LogP contribution >= 0.6 is 0 Å². The lowest BCUT2D eigenvalue weighted by Gasteiger charge is -2.26. The minimum absolute atomic E-state index is 0.139. The first-order valence-corrected chi connectivity index (χ1v) is 7.15. The fraction of sp³-hybridized carbons (Fsp3) is 0.611. The Morgan fingerprint density at radius 1 is 1.00 bits per heavy atom. The quantitative estimate of drug-likeness (QED) is 0.679. The molecule has 0 aliphatic rings. The first-order valence-electron chi connectivity index (χ1n) is 7.15. The van der Waals surface area contributed by atoms with Crippen LogP contribution in [0.25, 0.3) is 0 Å². The summed E-state index contributed by atoms with van der Waals surface area (Å²) in [6, 6.07) is 8.10. The van der Waals surface area contributed by atoms with Gasteiger partial charge in [-0.1, -0.05) is 72.7 Å².